The molecule has 0 saturated heterocycles. The number of amides is 1. The van der Waals surface area contributed by atoms with Crippen LogP contribution in [0.25, 0.3) is 11.0 Å². The lowest BCUT2D eigenvalue weighted by Crippen LogP contribution is -2.29. The Hall–Kier alpha value is -4.06. The molecule has 1 aliphatic rings. The Morgan fingerprint density at radius 3 is 2.33 bits per heavy atom. The van der Waals surface area contributed by atoms with E-state index in [1.165, 1.54) is 0 Å². The predicted molar refractivity (Wildman–Crippen MR) is 153 cm³/mol. The molecule has 0 aliphatic carbocycles. The highest BCUT2D eigenvalue weighted by Gasteiger charge is 2.43. The number of hydrogen-bond donors (Lipinski definition) is 0. The third-order valence-corrected chi connectivity index (χ3v) is 7.39. The van der Waals surface area contributed by atoms with Crippen molar-refractivity contribution in [1.82, 2.24) is 4.90 Å². The van der Waals surface area contributed by atoms with E-state index in [1.807, 2.05) is 82.3 Å². The fourth-order valence-electron chi connectivity index (χ4n) is 5.08. The zero-order valence-electron chi connectivity index (χ0n) is 23.3. The van der Waals surface area contributed by atoms with Crippen molar-refractivity contribution in [3.63, 3.8) is 0 Å². The molecule has 0 spiro atoms. The number of unbranched alkanes of at least 4 members (excludes halogenated alkanes) is 1. The van der Waals surface area contributed by atoms with Crippen molar-refractivity contribution >= 4 is 16.9 Å². The number of nitrogens with zero attached hydrogens (tertiary/aromatic N) is 1. The molecule has 5 rings (SSSR count). The molecule has 3 aromatic carbocycles. The molecule has 2 heterocycles. The average molecular weight is 526 g/mol. The Morgan fingerprint density at radius 2 is 1.62 bits per heavy atom. The van der Waals surface area contributed by atoms with E-state index in [9.17, 15) is 9.59 Å². The number of carbonyl (C=O) groups excluding carboxylic acids is 1. The van der Waals surface area contributed by atoms with E-state index in [0.717, 1.165) is 40.7 Å². The van der Waals surface area contributed by atoms with Gasteiger partial charge in [0, 0.05) is 6.54 Å². The molecule has 202 valence electrons. The normalized spacial score (nSPS) is 14.6. The molecule has 0 bridgehead atoms. The van der Waals surface area contributed by atoms with Gasteiger partial charge in [-0.2, -0.15) is 0 Å². The maximum Gasteiger partial charge on any atom is 0.291 e. The van der Waals surface area contributed by atoms with Crippen molar-refractivity contribution in [2.75, 3.05) is 13.2 Å². The van der Waals surface area contributed by atoms with Gasteiger partial charge in [-0.3, -0.25) is 9.59 Å². The van der Waals surface area contributed by atoms with Crippen molar-refractivity contribution in [2.24, 2.45) is 0 Å². The number of benzene rings is 3. The number of rotatable bonds is 9. The summed E-state index contributed by atoms with van der Waals surface area (Å²) in [5.41, 5.74) is 5.51. The molecule has 1 aromatic heterocycles. The van der Waals surface area contributed by atoms with E-state index >= 15 is 0 Å². The van der Waals surface area contributed by atoms with E-state index in [1.54, 1.807) is 4.90 Å². The highest BCUT2D eigenvalue weighted by Crippen LogP contribution is 2.42. The molecule has 0 saturated carbocycles. The highest BCUT2D eigenvalue weighted by molar-refractivity contribution is 5.99. The molecule has 1 unspecified atom stereocenters. The van der Waals surface area contributed by atoms with Gasteiger partial charge in [-0.05, 0) is 80.6 Å². The lowest BCUT2D eigenvalue weighted by molar-refractivity contribution is 0.0714. The van der Waals surface area contributed by atoms with Crippen molar-refractivity contribution in [3.8, 4) is 11.5 Å². The summed E-state index contributed by atoms with van der Waals surface area (Å²) in [5.74, 6) is 1.06. The second-order valence-electron chi connectivity index (χ2n) is 10.3. The Kier molecular flexibility index (Phi) is 7.47. The number of hydrogen-bond acceptors (Lipinski definition) is 5. The van der Waals surface area contributed by atoms with E-state index in [4.69, 9.17) is 13.9 Å². The van der Waals surface area contributed by atoms with Gasteiger partial charge in [-0.15, -0.1) is 0 Å². The van der Waals surface area contributed by atoms with Crippen LogP contribution >= 0.6 is 0 Å². The second-order valence-corrected chi connectivity index (χ2v) is 10.3. The quantitative estimate of drug-likeness (QED) is 0.219. The summed E-state index contributed by atoms with van der Waals surface area (Å²) in [6.45, 7) is 11.4. The number of ether oxygens (including phenoxy) is 2. The third kappa shape index (κ3) is 5.03. The topological polar surface area (TPSA) is 69.0 Å². The van der Waals surface area contributed by atoms with Crippen LogP contribution in [0.15, 0.2) is 63.8 Å². The van der Waals surface area contributed by atoms with Crippen LogP contribution in [0.2, 0.25) is 0 Å². The van der Waals surface area contributed by atoms with Crippen LogP contribution < -0.4 is 14.9 Å². The highest BCUT2D eigenvalue weighted by atomic mass is 16.5. The minimum atomic E-state index is -0.625. The van der Waals surface area contributed by atoms with Crippen LogP contribution in [0.3, 0.4) is 0 Å². The Morgan fingerprint density at radius 1 is 0.872 bits per heavy atom. The zero-order chi connectivity index (χ0) is 27.7. The van der Waals surface area contributed by atoms with Crippen LogP contribution in [0.4, 0.5) is 0 Å². The predicted octanol–water partition coefficient (Wildman–Crippen LogP) is 7.04. The van der Waals surface area contributed by atoms with Crippen molar-refractivity contribution in [1.29, 1.82) is 0 Å². The van der Waals surface area contributed by atoms with Crippen LogP contribution in [-0.4, -0.2) is 24.0 Å². The Labute approximate surface area is 229 Å². The molecule has 4 aromatic rings. The van der Waals surface area contributed by atoms with Gasteiger partial charge in [-0.25, -0.2) is 0 Å². The van der Waals surface area contributed by atoms with E-state index in [-0.39, 0.29) is 17.1 Å². The zero-order valence-corrected chi connectivity index (χ0v) is 23.3. The van der Waals surface area contributed by atoms with Crippen LogP contribution in [0.1, 0.15) is 76.7 Å². The molecular formula is C33H35NO5. The largest absolute Gasteiger partial charge is 0.490 e. The molecule has 1 atom stereocenters. The van der Waals surface area contributed by atoms with E-state index in [0.29, 0.717) is 47.8 Å². The first-order valence-corrected chi connectivity index (χ1v) is 13.7. The van der Waals surface area contributed by atoms with Crippen LogP contribution in [0.5, 0.6) is 11.5 Å². The molecule has 0 fully saturated rings. The van der Waals surface area contributed by atoms with Gasteiger partial charge in [0.05, 0.1) is 30.2 Å². The van der Waals surface area contributed by atoms with Crippen molar-refractivity contribution < 1.29 is 18.7 Å². The summed E-state index contributed by atoms with van der Waals surface area (Å²) in [6.07, 6.45) is 1.97. The first-order valence-electron chi connectivity index (χ1n) is 13.7. The fourth-order valence-corrected chi connectivity index (χ4v) is 5.08. The first kappa shape index (κ1) is 26.5. The fraction of sp³-hybridized carbons (Fsp3) is 0.333. The molecule has 39 heavy (non-hydrogen) atoms. The molecular weight excluding hydrogens is 490 g/mol. The monoisotopic (exact) mass is 525 g/mol. The molecule has 0 N–H and O–H groups in total. The second kappa shape index (κ2) is 11.0. The van der Waals surface area contributed by atoms with Gasteiger partial charge in [0.2, 0.25) is 5.76 Å². The summed E-state index contributed by atoms with van der Waals surface area (Å²) < 4.78 is 18.1. The van der Waals surface area contributed by atoms with Gasteiger partial charge in [-0.1, -0.05) is 49.2 Å². The summed E-state index contributed by atoms with van der Waals surface area (Å²) >= 11 is 0. The Balaban J connectivity index is 1.67. The number of carbonyl (C=O) groups is 1. The summed E-state index contributed by atoms with van der Waals surface area (Å²) in [6, 6.07) is 16.8. The minimum absolute atomic E-state index is 0.106. The summed E-state index contributed by atoms with van der Waals surface area (Å²) in [5, 5.41) is 0.483. The van der Waals surface area contributed by atoms with Crippen LogP contribution in [-0.2, 0) is 6.54 Å². The third-order valence-electron chi connectivity index (χ3n) is 7.39. The molecule has 6 heteroatoms. The maximum atomic E-state index is 14.0. The van der Waals surface area contributed by atoms with Crippen LogP contribution in [0, 0.1) is 20.8 Å². The van der Waals surface area contributed by atoms with E-state index < -0.39 is 6.04 Å². The van der Waals surface area contributed by atoms with Gasteiger partial charge < -0.3 is 18.8 Å². The van der Waals surface area contributed by atoms with E-state index in [2.05, 4.69) is 6.92 Å². The van der Waals surface area contributed by atoms with Gasteiger partial charge in [0.25, 0.3) is 5.91 Å². The molecule has 1 aliphatic heterocycles. The smallest absolute Gasteiger partial charge is 0.291 e. The first-order chi connectivity index (χ1) is 18.8. The van der Waals surface area contributed by atoms with Crippen molar-refractivity contribution in [2.45, 2.75) is 60.0 Å². The lowest BCUT2D eigenvalue weighted by Gasteiger charge is -2.26. The number of aryl methyl sites for hydroxylation is 3. The Bertz CT molecular complexity index is 1590. The molecule has 6 nitrogen and oxygen atoms in total. The van der Waals surface area contributed by atoms with Gasteiger partial charge in [0.1, 0.15) is 5.58 Å². The average Bonchev–Trinajstić information content (AvgIpc) is 3.19. The SMILES string of the molecule is CCCCOc1ccc(C2c3c(oc4cc(C)c(C)cc4c3=O)C(=O)N2Cc2ccc(C)cc2)cc1OCC. The summed E-state index contributed by atoms with van der Waals surface area (Å²) in [4.78, 5) is 29.6. The molecule has 1 amide bonds. The summed E-state index contributed by atoms with van der Waals surface area (Å²) in [7, 11) is 0. The minimum Gasteiger partial charge on any atom is -0.490 e. The maximum absolute atomic E-state index is 14.0. The van der Waals surface area contributed by atoms with Gasteiger partial charge >= 0.3 is 0 Å². The van der Waals surface area contributed by atoms with Crippen molar-refractivity contribution in [3.05, 3.63) is 104 Å². The molecule has 0 radical (unpaired) electrons. The standard InChI is InChI=1S/C33H35NO5/c1-6-8-15-38-26-14-13-24(18-28(26)37-7-2)30-29-31(35)25-16-21(4)22(5)17-27(25)39-32(29)33(36)34(30)19-23-11-9-20(3)10-12-23/h9-14,16-18,30H,6-8,15,19H2,1-5H3. The lowest BCUT2D eigenvalue weighted by atomic mass is 9.97. The van der Waals surface area contributed by atoms with Gasteiger partial charge in [0.15, 0.2) is 16.9 Å². The number of fused-ring (bicyclic) bond motifs is 2.